The zero-order chi connectivity index (χ0) is 12.5. The standard InChI is InChI=1S/C14H10ClNOS/c15-13-8-14(17)16(18-13)9-11-6-3-5-10-4-1-2-7-12(10)11/h1-8H,9H2. The predicted octanol–water partition coefficient (Wildman–Crippen LogP) is 3.76. The first-order chi connectivity index (χ1) is 8.74. The Morgan fingerprint density at radius 1 is 1.11 bits per heavy atom. The Kier molecular flexibility index (Phi) is 2.94. The van der Waals surface area contributed by atoms with E-state index < -0.39 is 0 Å². The molecule has 1 aromatic heterocycles. The second-order valence-corrected chi connectivity index (χ2v) is 5.75. The van der Waals surface area contributed by atoms with Crippen molar-refractivity contribution in [2.24, 2.45) is 0 Å². The van der Waals surface area contributed by atoms with Crippen LogP contribution in [0.1, 0.15) is 5.56 Å². The van der Waals surface area contributed by atoms with Gasteiger partial charge in [0.1, 0.15) is 4.34 Å². The largest absolute Gasteiger partial charge is 0.268 e. The predicted molar refractivity (Wildman–Crippen MR) is 76.6 cm³/mol. The molecule has 18 heavy (non-hydrogen) atoms. The maximum atomic E-state index is 11.7. The summed E-state index contributed by atoms with van der Waals surface area (Å²) in [5, 5.41) is 2.36. The van der Waals surface area contributed by atoms with Crippen molar-refractivity contribution < 1.29 is 0 Å². The molecule has 0 saturated heterocycles. The van der Waals surface area contributed by atoms with Crippen LogP contribution < -0.4 is 5.56 Å². The SMILES string of the molecule is O=c1cc(Cl)sn1Cc1cccc2ccccc12. The van der Waals surface area contributed by atoms with Gasteiger partial charge >= 0.3 is 0 Å². The lowest BCUT2D eigenvalue weighted by Crippen LogP contribution is -2.12. The number of fused-ring (bicyclic) bond motifs is 1. The van der Waals surface area contributed by atoms with Crippen molar-refractivity contribution in [2.75, 3.05) is 0 Å². The molecule has 0 aliphatic heterocycles. The van der Waals surface area contributed by atoms with Gasteiger partial charge in [-0.05, 0) is 27.9 Å². The fourth-order valence-electron chi connectivity index (χ4n) is 2.04. The van der Waals surface area contributed by atoms with Gasteiger partial charge < -0.3 is 0 Å². The molecule has 0 radical (unpaired) electrons. The van der Waals surface area contributed by atoms with Crippen LogP contribution in [-0.4, -0.2) is 3.96 Å². The third-order valence-electron chi connectivity index (χ3n) is 2.87. The number of nitrogens with zero attached hydrogens (tertiary/aromatic N) is 1. The van der Waals surface area contributed by atoms with E-state index >= 15 is 0 Å². The highest BCUT2D eigenvalue weighted by molar-refractivity contribution is 7.11. The van der Waals surface area contributed by atoms with Gasteiger partial charge in [-0.25, -0.2) is 0 Å². The molecule has 90 valence electrons. The van der Waals surface area contributed by atoms with Crippen LogP contribution in [0.2, 0.25) is 4.34 Å². The van der Waals surface area contributed by atoms with Crippen LogP contribution in [0.15, 0.2) is 53.3 Å². The Hall–Kier alpha value is -1.58. The van der Waals surface area contributed by atoms with E-state index in [1.54, 1.807) is 3.96 Å². The lowest BCUT2D eigenvalue weighted by atomic mass is 10.0. The normalized spacial score (nSPS) is 10.9. The molecular weight excluding hydrogens is 266 g/mol. The number of hydrogen-bond acceptors (Lipinski definition) is 2. The van der Waals surface area contributed by atoms with Crippen LogP contribution in [-0.2, 0) is 6.54 Å². The van der Waals surface area contributed by atoms with E-state index in [1.165, 1.54) is 28.4 Å². The topological polar surface area (TPSA) is 22.0 Å². The molecular formula is C14H10ClNOS. The molecule has 3 aromatic rings. The van der Waals surface area contributed by atoms with Gasteiger partial charge in [-0.1, -0.05) is 54.1 Å². The van der Waals surface area contributed by atoms with Crippen molar-refractivity contribution in [3.05, 3.63) is 68.8 Å². The summed E-state index contributed by atoms with van der Waals surface area (Å²) in [4.78, 5) is 11.7. The number of benzene rings is 2. The molecule has 0 amide bonds. The van der Waals surface area contributed by atoms with Crippen molar-refractivity contribution in [1.82, 2.24) is 3.96 Å². The number of aromatic nitrogens is 1. The fraction of sp³-hybridized carbons (Fsp3) is 0.0714. The van der Waals surface area contributed by atoms with E-state index in [9.17, 15) is 4.79 Å². The van der Waals surface area contributed by atoms with Crippen molar-refractivity contribution >= 4 is 33.9 Å². The van der Waals surface area contributed by atoms with Gasteiger partial charge in [0.25, 0.3) is 5.56 Å². The van der Waals surface area contributed by atoms with E-state index in [-0.39, 0.29) is 5.56 Å². The second-order valence-electron chi connectivity index (χ2n) is 4.05. The summed E-state index contributed by atoms with van der Waals surface area (Å²) < 4.78 is 2.20. The smallest absolute Gasteiger partial charge is 0.262 e. The molecule has 0 fully saturated rings. The summed E-state index contributed by atoms with van der Waals surface area (Å²) in [6.45, 7) is 0.567. The second kappa shape index (κ2) is 4.59. The Balaban J connectivity index is 2.10. The van der Waals surface area contributed by atoms with Crippen LogP contribution >= 0.6 is 23.1 Å². The summed E-state index contributed by atoms with van der Waals surface area (Å²) in [6, 6.07) is 15.8. The molecule has 0 atom stereocenters. The average molecular weight is 276 g/mol. The van der Waals surface area contributed by atoms with Crippen LogP contribution in [0.5, 0.6) is 0 Å². The Morgan fingerprint density at radius 3 is 2.67 bits per heavy atom. The van der Waals surface area contributed by atoms with Gasteiger partial charge in [0, 0.05) is 6.07 Å². The van der Waals surface area contributed by atoms with Gasteiger partial charge in [-0.3, -0.25) is 8.75 Å². The summed E-state index contributed by atoms with van der Waals surface area (Å²) in [7, 11) is 0. The van der Waals surface area contributed by atoms with E-state index in [1.807, 2.05) is 24.3 Å². The molecule has 0 bridgehead atoms. The quantitative estimate of drug-likeness (QED) is 0.698. The summed E-state index contributed by atoms with van der Waals surface area (Å²) in [5.41, 5.74) is 1.09. The minimum atomic E-state index is -0.0436. The maximum absolute atomic E-state index is 11.7. The zero-order valence-corrected chi connectivity index (χ0v) is 11.0. The van der Waals surface area contributed by atoms with Crippen molar-refractivity contribution in [1.29, 1.82) is 0 Å². The van der Waals surface area contributed by atoms with E-state index in [2.05, 4.69) is 18.2 Å². The fourth-order valence-corrected chi connectivity index (χ4v) is 3.09. The van der Waals surface area contributed by atoms with Crippen molar-refractivity contribution in [2.45, 2.75) is 6.54 Å². The van der Waals surface area contributed by atoms with Gasteiger partial charge in [0.05, 0.1) is 6.54 Å². The van der Waals surface area contributed by atoms with E-state index in [4.69, 9.17) is 11.6 Å². The Morgan fingerprint density at radius 2 is 1.89 bits per heavy atom. The van der Waals surface area contributed by atoms with Crippen LogP contribution in [0, 0.1) is 0 Å². The first kappa shape index (κ1) is 11.5. The lowest BCUT2D eigenvalue weighted by molar-refractivity contribution is 0.856. The molecule has 4 heteroatoms. The zero-order valence-electron chi connectivity index (χ0n) is 9.47. The monoisotopic (exact) mass is 275 g/mol. The minimum Gasteiger partial charge on any atom is -0.268 e. The summed E-state index contributed by atoms with van der Waals surface area (Å²) >= 11 is 7.14. The molecule has 0 aliphatic rings. The molecule has 1 heterocycles. The van der Waals surface area contributed by atoms with Crippen LogP contribution in [0.3, 0.4) is 0 Å². The van der Waals surface area contributed by atoms with Gasteiger partial charge in [-0.15, -0.1) is 0 Å². The highest BCUT2D eigenvalue weighted by Gasteiger charge is 2.05. The minimum absolute atomic E-state index is 0.0436. The van der Waals surface area contributed by atoms with Gasteiger partial charge in [0.2, 0.25) is 0 Å². The molecule has 0 saturated carbocycles. The molecule has 2 nitrogen and oxygen atoms in total. The van der Waals surface area contributed by atoms with Crippen LogP contribution in [0.25, 0.3) is 10.8 Å². The first-order valence-corrected chi connectivity index (χ1v) is 6.72. The summed E-state index contributed by atoms with van der Waals surface area (Å²) in [6.07, 6.45) is 0. The molecule has 0 unspecified atom stereocenters. The van der Waals surface area contributed by atoms with Gasteiger partial charge in [-0.2, -0.15) is 0 Å². The average Bonchev–Trinajstić information content (AvgIpc) is 2.68. The Bertz CT molecular complexity index is 754. The van der Waals surface area contributed by atoms with E-state index in [0.29, 0.717) is 10.9 Å². The maximum Gasteiger partial charge on any atom is 0.262 e. The van der Waals surface area contributed by atoms with Crippen LogP contribution in [0.4, 0.5) is 0 Å². The first-order valence-electron chi connectivity index (χ1n) is 5.57. The van der Waals surface area contributed by atoms with Crippen molar-refractivity contribution in [3.8, 4) is 0 Å². The van der Waals surface area contributed by atoms with Gasteiger partial charge in [0.15, 0.2) is 0 Å². The van der Waals surface area contributed by atoms with Crippen molar-refractivity contribution in [3.63, 3.8) is 0 Å². The third-order valence-corrected chi connectivity index (χ3v) is 4.01. The summed E-state index contributed by atoms with van der Waals surface area (Å²) in [5.74, 6) is 0. The molecule has 0 N–H and O–H groups in total. The molecule has 2 aromatic carbocycles. The molecule has 3 rings (SSSR count). The third kappa shape index (κ3) is 2.07. The number of halogens is 1. The lowest BCUT2D eigenvalue weighted by Gasteiger charge is -2.06. The highest BCUT2D eigenvalue weighted by Crippen LogP contribution is 2.20. The molecule has 0 aliphatic carbocycles. The van der Waals surface area contributed by atoms with E-state index in [0.717, 1.165) is 5.56 Å². The number of hydrogen-bond donors (Lipinski definition) is 0. The Labute approximate surface area is 113 Å². The highest BCUT2D eigenvalue weighted by atomic mass is 35.5. The molecule has 0 spiro atoms. The number of rotatable bonds is 2.